The molecule has 0 amide bonds. The molecule has 0 saturated heterocycles. The van der Waals surface area contributed by atoms with Gasteiger partial charge in [0.1, 0.15) is 5.82 Å². The van der Waals surface area contributed by atoms with Crippen molar-refractivity contribution in [3.8, 4) is 0 Å². The van der Waals surface area contributed by atoms with Gasteiger partial charge in [0.25, 0.3) is 0 Å². The van der Waals surface area contributed by atoms with Crippen molar-refractivity contribution in [2.45, 2.75) is 39.2 Å². The third-order valence-corrected chi connectivity index (χ3v) is 5.43. The van der Waals surface area contributed by atoms with Crippen molar-refractivity contribution in [1.29, 1.82) is 0 Å². The van der Waals surface area contributed by atoms with Crippen molar-refractivity contribution >= 4 is 27.0 Å². The topological polar surface area (TPSA) is 17.8 Å². The number of hydrogen-bond acceptors (Lipinski definition) is 1. The second-order valence-electron chi connectivity index (χ2n) is 5.44. The molecule has 0 aliphatic heterocycles. The number of aromatic nitrogens is 2. The minimum absolute atomic E-state index is 0.466. The summed E-state index contributed by atoms with van der Waals surface area (Å²) in [5, 5.41) is 1.11. The van der Waals surface area contributed by atoms with Crippen LogP contribution in [0.1, 0.15) is 32.0 Å². The Morgan fingerprint density at radius 1 is 1.33 bits per heavy atom. The van der Waals surface area contributed by atoms with Crippen LogP contribution in [0.4, 0.5) is 0 Å². The monoisotopic (exact) mass is 306 g/mol. The SMILES string of the molecule is CCc1nc2ccccc2n1CC1(CBr)CCC1. The third-order valence-electron chi connectivity index (χ3n) is 4.24. The van der Waals surface area contributed by atoms with Gasteiger partial charge in [-0.2, -0.15) is 0 Å². The number of benzene rings is 1. The van der Waals surface area contributed by atoms with E-state index in [4.69, 9.17) is 4.98 Å². The van der Waals surface area contributed by atoms with Crippen LogP contribution in [0, 0.1) is 5.41 Å². The van der Waals surface area contributed by atoms with Crippen molar-refractivity contribution in [3.05, 3.63) is 30.1 Å². The number of imidazole rings is 1. The maximum Gasteiger partial charge on any atom is 0.109 e. The molecule has 18 heavy (non-hydrogen) atoms. The Balaban J connectivity index is 2.04. The predicted octanol–water partition coefficient (Wildman–Crippen LogP) is 4.16. The molecule has 1 aromatic heterocycles. The van der Waals surface area contributed by atoms with Gasteiger partial charge in [-0.05, 0) is 30.4 Å². The van der Waals surface area contributed by atoms with Gasteiger partial charge >= 0.3 is 0 Å². The smallest absolute Gasteiger partial charge is 0.109 e. The third kappa shape index (κ3) is 1.89. The summed E-state index contributed by atoms with van der Waals surface area (Å²) in [6.07, 6.45) is 5.06. The maximum absolute atomic E-state index is 4.76. The molecule has 0 radical (unpaired) electrons. The maximum atomic E-state index is 4.76. The lowest BCUT2D eigenvalue weighted by Gasteiger charge is -2.41. The Labute approximate surface area is 117 Å². The van der Waals surface area contributed by atoms with Gasteiger partial charge in [0, 0.05) is 18.3 Å². The molecule has 1 fully saturated rings. The quantitative estimate of drug-likeness (QED) is 0.775. The highest BCUT2D eigenvalue weighted by molar-refractivity contribution is 9.09. The summed E-state index contributed by atoms with van der Waals surface area (Å²) >= 11 is 3.71. The second-order valence-corrected chi connectivity index (χ2v) is 6.00. The highest BCUT2D eigenvalue weighted by atomic mass is 79.9. The number of fused-ring (bicyclic) bond motifs is 1. The van der Waals surface area contributed by atoms with Crippen LogP contribution in [0.3, 0.4) is 0 Å². The van der Waals surface area contributed by atoms with E-state index in [0.29, 0.717) is 5.41 Å². The lowest BCUT2D eigenvalue weighted by atomic mass is 9.70. The molecule has 96 valence electrons. The van der Waals surface area contributed by atoms with E-state index in [9.17, 15) is 0 Å². The normalized spacial score (nSPS) is 17.9. The molecule has 2 aromatic rings. The summed E-state index contributed by atoms with van der Waals surface area (Å²) in [6, 6.07) is 8.50. The van der Waals surface area contributed by atoms with Crippen LogP contribution in [0.2, 0.25) is 0 Å². The molecule has 3 heteroatoms. The van der Waals surface area contributed by atoms with Crippen molar-refractivity contribution in [2.24, 2.45) is 5.41 Å². The molecule has 1 aromatic carbocycles. The second kappa shape index (κ2) is 4.69. The lowest BCUT2D eigenvalue weighted by Crippen LogP contribution is -2.36. The summed E-state index contributed by atoms with van der Waals surface area (Å²) in [7, 11) is 0. The highest BCUT2D eigenvalue weighted by Gasteiger charge is 2.36. The van der Waals surface area contributed by atoms with Gasteiger partial charge in [-0.3, -0.25) is 0 Å². The molecule has 0 spiro atoms. The van der Waals surface area contributed by atoms with Crippen LogP contribution < -0.4 is 0 Å². The summed E-state index contributed by atoms with van der Waals surface area (Å²) in [5.41, 5.74) is 2.90. The van der Waals surface area contributed by atoms with Gasteiger partial charge in [-0.15, -0.1) is 0 Å². The molecule has 1 aliphatic rings. The first-order chi connectivity index (χ1) is 8.78. The minimum Gasteiger partial charge on any atom is -0.327 e. The van der Waals surface area contributed by atoms with E-state index in [0.717, 1.165) is 23.8 Å². The molecule has 0 unspecified atom stereocenters. The fourth-order valence-corrected chi connectivity index (χ4v) is 3.66. The van der Waals surface area contributed by atoms with Crippen molar-refractivity contribution in [1.82, 2.24) is 9.55 Å². The highest BCUT2D eigenvalue weighted by Crippen LogP contribution is 2.44. The van der Waals surface area contributed by atoms with Crippen molar-refractivity contribution < 1.29 is 0 Å². The molecule has 1 heterocycles. The molecule has 1 aliphatic carbocycles. The fraction of sp³-hybridized carbons (Fsp3) is 0.533. The lowest BCUT2D eigenvalue weighted by molar-refractivity contribution is 0.141. The zero-order valence-electron chi connectivity index (χ0n) is 10.8. The number of para-hydroxylation sites is 2. The van der Waals surface area contributed by atoms with E-state index in [2.05, 4.69) is 51.7 Å². The summed E-state index contributed by atoms with van der Waals surface area (Å²) in [5.74, 6) is 1.23. The Bertz CT molecular complexity index is 549. The summed E-state index contributed by atoms with van der Waals surface area (Å²) < 4.78 is 2.44. The molecule has 3 rings (SSSR count). The van der Waals surface area contributed by atoms with Gasteiger partial charge in [0.05, 0.1) is 11.0 Å². The average Bonchev–Trinajstić information content (AvgIpc) is 2.71. The molecule has 0 atom stereocenters. The van der Waals surface area contributed by atoms with Crippen LogP contribution >= 0.6 is 15.9 Å². The summed E-state index contributed by atoms with van der Waals surface area (Å²) in [6.45, 7) is 3.31. The number of aryl methyl sites for hydroxylation is 1. The van der Waals surface area contributed by atoms with E-state index in [1.807, 2.05) is 0 Å². The molecule has 0 N–H and O–H groups in total. The fourth-order valence-electron chi connectivity index (χ4n) is 2.92. The number of rotatable bonds is 4. The van der Waals surface area contributed by atoms with Crippen LogP contribution in [0.15, 0.2) is 24.3 Å². The van der Waals surface area contributed by atoms with Crippen LogP contribution in [0.5, 0.6) is 0 Å². The van der Waals surface area contributed by atoms with Crippen molar-refractivity contribution in [2.75, 3.05) is 5.33 Å². The molecule has 1 saturated carbocycles. The number of hydrogen-bond donors (Lipinski definition) is 0. The van der Waals surface area contributed by atoms with E-state index in [-0.39, 0.29) is 0 Å². The van der Waals surface area contributed by atoms with Gasteiger partial charge < -0.3 is 4.57 Å². The van der Waals surface area contributed by atoms with Crippen molar-refractivity contribution in [3.63, 3.8) is 0 Å². The van der Waals surface area contributed by atoms with Gasteiger partial charge in [0.2, 0.25) is 0 Å². The Hall–Kier alpha value is -0.830. The Morgan fingerprint density at radius 3 is 2.72 bits per heavy atom. The molecule has 2 nitrogen and oxygen atoms in total. The Kier molecular flexibility index (Phi) is 3.18. The first-order valence-electron chi connectivity index (χ1n) is 6.78. The number of halogens is 1. The summed E-state index contributed by atoms with van der Waals surface area (Å²) in [4.78, 5) is 4.76. The Morgan fingerprint density at radius 2 is 2.11 bits per heavy atom. The zero-order chi connectivity index (χ0) is 12.6. The van der Waals surface area contributed by atoms with Gasteiger partial charge in [-0.1, -0.05) is 41.4 Å². The van der Waals surface area contributed by atoms with E-state index in [1.165, 1.54) is 30.6 Å². The van der Waals surface area contributed by atoms with E-state index < -0.39 is 0 Å². The van der Waals surface area contributed by atoms with Crippen LogP contribution in [-0.4, -0.2) is 14.9 Å². The first kappa shape index (κ1) is 12.2. The number of nitrogens with zero attached hydrogens (tertiary/aromatic N) is 2. The standard InChI is InChI=1S/C15H19BrN2/c1-2-14-17-12-6-3-4-7-13(12)18(14)11-15(10-16)8-5-9-15/h3-4,6-7H,2,5,8-11H2,1H3. The van der Waals surface area contributed by atoms with Gasteiger partial charge in [-0.25, -0.2) is 4.98 Å². The van der Waals surface area contributed by atoms with Gasteiger partial charge in [0.15, 0.2) is 0 Å². The van der Waals surface area contributed by atoms with E-state index >= 15 is 0 Å². The molecule has 0 bridgehead atoms. The van der Waals surface area contributed by atoms with Crippen LogP contribution in [0.25, 0.3) is 11.0 Å². The van der Waals surface area contributed by atoms with Crippen LogP contribution in [-0.2, 0) is 13.0 Å². The predicted molar refractivity (Wildman–Crippen MR) is 79.2 cm³/mol. The average molecular weight is 307 g/mol. The largest absolute Gasteiger partial charge is 0.327 e. The minimum atomic E-state index is 0.466. The molecular weight excluding hydrogens is 288 g/mol. The zero-order valence-corrected chi connectivity index (χ0v) is 12.4. The first-order valence-corrected chi connectivity index (χ1v) is 7.90. The number of alkyl halides is 1. The molecular formula is C15H19BrN2. The van der Waals surface area contributed by atoms with E-state index in [1.54, 1.807) is 0 Å².